The number of aromatic nitrogens is 1. The van der Waals surface area contributed by atoms with Crippen LogP contribution in [-0.2, 0) is 0 Å². The molecule has 1 aromatic rings. The van der Waals surface area contributed by atoms with Crippen LogP contribution in [0.5, 0.6) is 0 Å². The molecule has 1 aliphatic carbocycles. The van der Waals surface area contributed by atoms with Gasteiger partial charge in [0.1, 0.15) is 0 Å². The van der Waals surface area contributed by atoms with Gasteiger partial charge >= 0.3 is 0 Å². The normalized spacial score (nSPS) is 19.3. The summed E-state index contributed by atoms with van der Waals surface area (Å²) in [4.78, 5) is 4.19. The van der Waals surface area contributed by atoms with E-state index in [9.17, 15) is 0 Å². The Kier molecular flexibility index (Phi) is 3.73. The standard InChI is InChI=1S/C13H20N2/c1-14-13(9-11-5-2-3-6-11)12-7-4-8-15-10-12/h4,7-8,10-11,13-14H,2-3,5-6,9H2,1H3. The van der Waals surface area contributed by atoms with Gasteiger partial charge in [0.15, 0.2) is 0 Å². The molecule has 0 saturated heterocycles. The summed E-state index contributed by atoms with van der Waals surface area (Å²) in [7, 11) is 2.05. The number of hydrogen-bond acceptors (Lipinski definition) is 2. The van der Waals surface area contributed by atoms with Crippen LogP contribution in [0.4, 0.5) is 0 Å². The minimum absolute atomic E-state index is 0.488. The molecule has 1 N–H and O–H groups in total. The summed E-state index contributed by atoms with van der Waals surface area (Å²) < 4.78 is 0. The van der Waals surface area contributed by atoms with E-state index in [0.717, 1.165) is 5.92 Å². The van der Waals surface area contributed by atoms with Crippen molar-refractivity contribution in [2.45, 2.75) is 38.1 Å². The SMILES string of the molecule is CNC(CC1CCCC1)c1cccnc1. The molecule has 2 nitrogen and oxygen atoms in total. The van der Waals surface area contributed by atoms with Crippen molar-refractivity contribution in [3.63, 3.8) is 0 Å². The van der Waals surface area contributed by atoms with E-state index in [-0.39, 0.29) is 0 Å². The molecule has 0 bridgehead atoms. The van der Waals surface area contributed by atoms with Crippen molar-refractivity contribution >= 4 is 0 Å². The average molecular weight is 204 g/mol. The van der Waals surface area contributed by atoms with Gasteiger partial charge in [-0.25, -0.2) is 0 Å². The van der Waals surface area contributed by atoms with Crippen molar-refractivity contribution < 1.29 is 0 Å². The molecule has 1 atom stereocenters. The molecule has 2 rings (SSSR count). The first-order chi connectivity index (χ1) is 7.40. The molecule has 1 saturated carbocycles. The Morgan fingerprint density at radius 1 is 1.47 bits per heavy atom. The van der Waals surface area contributed by atoms with Crippen LogP contribution in [0, 0.1) is 5.92 Å². The van der Waals surface area contributed by atoms with Crippen molar-refractivity contribution in [1.29, 1.82) is 0 Å². The minimum Gasteiger partial charge on any atom is -0.313 e. The molecule has 0 radical (unpaired) electrons. The van der Waals surface area contributed by atoms with Crippen molar-refractivity contribution in [1.82, 2.24) is 10.3 Å². The third kappa shape index (κ3) is 2.78. The van der Waals surface area contributed by atoms with Gasteiger partial charge in [-0.15, -0.1) is 0 Å². The number of nitrogens with zero attached hydrogens (tertiary/aromatic N) is 1. The van der Waals surface area contributed by atoms with E-state index in [1.807, 2.05) is 25.5 Å². The summed E-state index contributed by atoms with van der Waals surface area (Å²) in [6, 6.07) is 4.68. The van der Waals surface area contributed by atoms with Crippen molar-refractivity contribution in [3.05, 3.63) is 30.1 Å². The zero-order chi connectivity index (χ0) is 10.5. The predicted octanol–water partition coefficient (Wildman–Crippen LogP) is 2.92. The van der Waals surface area contributed by atoms with E-state index in [0.29, 0.717) is 6.04 Å². The van der Waals surface area contributed by atoms with Crippen LogP contribution in [0.1, 0.15) is 43.7 Å². The van der Waals surface area contributed by atoms with Gasteiger partial charge in [-0.1, -0.05) is 31.7 Å². The third-order valence-corrected chi connectivity index (χ3v) is 3.48. The first kappa shape index (κ1) is 10.6. The third-order valence-electron chi connectivity index (χ3n) is 3.48. The Morgan fingerprint density at radius 3 is 2.87 bits per heavy atom. The quantitative estimate of drug-likeness (QED) is 0.815. The molecular formula is C13H20N2. The highest BCUT2D eigenvalue weighted by Gasteiger charge is 2.20. The lowest BCUT2D eigenvalue weighted by Gasteiger charge is -2.19. The molecule has 1 aromatic heterocycles. The number of pyridine rings is 1. The predicted molar refractivity (Wildman–Crippen MR) is 62.6 cm³/mol. The smallest absolute Gasteiger partial charge is 0.0335 e. The summed E-state index contributed by atoms with van der Waals surface area (Å²) in [6.45, 7) is 0. The van der Waals surface area contributed by atoms with E-state index in [1.54, 1.807) is 0 Å². The summed E-state index contributed by atoms with van der Waals surface area (Å²) in [6.07, 6.45) is 10.8. The fourth-order valence-electron chi connectivity index (χ4n) is 2.58. The maximum atomic E-state index is 4.19. The van der Waals surface area contributed by atoms with E-state index < -0.39 is 0 Å². The molecule has 82 valence electrons. The van der Waals surface area contributed by atoms with Crippen molar-refractivity contribution in [2.75, 3.05) is 7.05 Å². The Balaban J connectivity index is 1.97. The highest BCUT2D eigenvalue weighted by Crippen LogP contribution is 2.32. The van der Waals surface area contributed by atoms with Gasteiger partial charge in [-0.3, -0.25) is 4.98 Å². The molecule has 1 heterocycles. The molecule has 0 aromatic carbocycles. The largest absolute Gasteiger partial charge is 0.313 e. The first-order valence-corrected chi connectivity index (χ1v) is 5.97. The van der Waals surface area contributed by atoms with E-state index in [4.69, 9.17) is 0 Å². The molecule has 1 aliphatic rings. The summed E-state index contributed by atoms with van der Waals surface area (Å²) in [5.74, 6) is 0.919. The maximum absolute atomic E-state index is 4.19. The number of hydrogen-bond donors (Lipinski definition) is 1. The Labute approximate surface area is 92.1 Å². The number of nitrogens with one attached hydrogen (secondary N) is 1. The van der Waals surface area contributed by atoms with Gasteiger partial charge in [-0.2, -0.15) is 0 Å². The average Bonchev–Trinajstić information content (AvgIpc) is 2.80. The van der Waals surface area contributed by atoms with E-state index >= 15 is 0 Å². The van der Waals surface area contributed by atoms with Crippen LogP contribution >= 0.6 is 0 Å². The van der Waals surface area contributed by atoms with Crippen molar-refractivity contribution in [3.8, 4) is 0 Å². The van der Waals surface area contributed by atoms with Crippen LogP contribution in [0.25, 0.3) is 0 Å². The van der Waals surface area contributed by atoms with E-state index in [2.05, 4.69) is 16.4 Å². The second kappa shape index (κ2) is 5.26. The number of rotatable bonds is 4. The van der Waals surface area contributed by atoms with Gasteiger partial charge in [0.25, 0.3) is 0 Å². The van der Waals surface area contributed by atoms with Gasteiger partial charge in [-0.05, 0) is 31.0 Å². The van der Waals surface area contributed by atoms with Gasteiger partial charge in [0.05, 0.1) is 0 Å². The van der Waals surface area contributed by atoms with Crippen LogP contribution < -0.4 is 5.32 Å². The second-order valence-corrected chi connectivity index (χ2v) is 4.51. The fourth-order valence-corrected chi connectivity index (χ4v) is 2.58. The van der Waals surface area contributed by atoms with Gasteiger partial charge < -0.3 is 5.32 Å². The lowest BCUT2D eigenvalue weighted by molar-refractivity contribution is 0.413. The lowest BCUT2D eigenvalue weighted by atomic mass is 9.94. The summed E-state index contributed by atoms with van der Waals surface area (Å²) in [5.41, 5.74) is 1.33. The maximum Gasteiger partial charge on any atom is 0.0335 e. The van der Waals surface area contributed by atoms with Crippen LogP contribution in [-0.4, -0.2) is 12.0 Å². The summed E-state index contributed by atoms with van der Waals surface area (Å²) in [5, 5.41) is 3.41. The molecule has 2 heteroatoms. The first-order valence-electron chi connectivity index (χ1n) is 5.97. The van der Waals surface area contributed by atoms with E-state index in [1.165, 1.54) is 37.7 Å². The highest BCUT2D eigenvalue weighted by molar-refractivity contribution is 5.13. The molecular weight excluding hydrogens is 184 g/mol. The summed E-state index contributed by atoms with van der Waals surface area (Å²) >= 11 is 0. The Morgan fingerprint density at radius 2 is 2.27 bits per heavy atom. The monoisotopic (exact) mass is 204 g/mol. The zero-order valence-electron chi connectivity index (χ0n) is 9.45. The fraction of sp³-hybridized carbons (Fsp3) is 0.615. The van der Waals surface area contributed by atoms with Crippen molar-refractivity contribution in [2.24, 2.45) is 5.92 Å². The molecule has 15 heavy (non-hydrogen) atoms. The zero-order valence-corrected chi connectivity index (χ0v) is 9.45. The molecule has 0 aliphatic heterocycles. The molecule has 1 unspecified atom stereocenters. The lowest BCUT2D eigenvalue weighted by Crippen LogP contribution is -2.19. The minimum atomic E-state index is 0.488. The van der Waals surface area contributed by atoms with Crippen LogP contribution in [0.3, 0.4) is 0 Å². The molecule has 0 amide bonds. The van der Waals surface area contributed by atoms with Crippen LogP contribution in [0.2, 0.25) is 0 Å². The van der Waals surface area contributed by atoms with Gasteiger partial charge in [0, 0.05) is 18.4 Å². The molecule has 0 spiro atoms. The van der Waals surface area contributed by atoms with Crippen LogP contribution in [0.15, 0.2) is 24.5 Å². The van der Waals surface area contributed by atoms with Gasteiger partial charge in [0.2, 0.25) is 0 Å². The second-order valence-electron chi connectivity index (χ2n) is 4.51. The Bertz CT molecular complexity index is 278. The Hall–Kier alpha value is -0.890. The topological polar surface area (TPSA) is 24.9 Å². The highest BCUT2D eigenvalue weighted by atomic mass is 14.9. The molecule has 1 fully saturated rings.